The monoisotopic (exact) mass is 465 g/mol. The van der Waals surface area contributed by atoms with Gasteiger partial charge >= 0.3 is 0 Å². The Bertz CT molecular complexity index is 1390. The molecule has 3 aromatic carbocycles. The minimum Gasteiger partial charge on any atom is -0.354 e. The summed E-state index contributed by atoms with van der Waals surface area (Å²) < 4.78 is 0. The molecule has 0 aliphatic carbocycles. The number of rotatable bonds is 7. The molecule has 1 aromatic heterocycles. The van der Waals surface area contributed by atoms with Crippen molar-refractivity contribution in [2.45, 2.75) is 45.7 Å². The Morgan fingerprint density at radius 3 is 2.51 bits per heavy atom. The van der Waals surface area contributed by atoms with E-state index in [0.29, 0.717) is 12.1 Å². The van der Waals surface area contributed by atoms with Crippen LogP contribution in [-0.4, -0.2) is 34.3 Å². The number of nitrogens with zero attached hydrogens (tertiary/aromatic N) is 1. The van der Waals surface area contributed by atoms with Crippen molar-refractivity contribution in [2.24, 2.45) is 0 Å². The van der Waals surface area contributed by atoms with Crippen LogP contribution in [0.4, 0.5) is 0 Å². The third-order valence-electron chi connectivity index (χ3n) is 6.98. The molecule has 1 aliphatic rings. The second kappa shape index (κ2) is 9.41. The summed E-state index contributed by atoms with van der Waals surface area (Å²) in [5.41, 5.74) is 6.84. The fourth-order valence-electron chi connectivity index (χ4n) is 5.09. The van der Waals surface area contributed by atoms with E-state index in [4.69, 9.17) is 0 Å². The number of aromatic amines is 1. The molecular weight excluding hydrogens is 434 g/mol. The number of para-hydroxylation sites is 1. The molecule has 0 fully saturated rings. The lowest BCUT2D eigenvalue weighted by molar-refractivity contribution is -0.125. The average Bonchev–Trinajstić information content (AvgIpc) is 3.39. The molecule has 4 aromatic rings. The van der Waals surface area contributed by atoms with Crippen LogP contribution in [0.25, 0.3) is 22.2 Å². The first-order valence-electron chi connectivity index (χ1n) is 12.4. The molecule has 0 spiro atoms. The summed E-state index contributed by atoms with van der Waals surface area (Å²) in [6.45, 7) is 6.61. The fraction of sp³-hybridized carbons (Fsp3) is 0.267. The molecule has 0 bridgehead atoms. The summed E-state index contributed by atoms with van der Waals surface area (Å²) in [4.78, 5) is 32.3. The molecule has 178 valence electrons. The van der Waals surface area contributed by atoms with Crippen LogP contribution in [-0.2, 0) is 4.79 Å². The molecule has 5 heteroatoms. The van der Waals surface area contributed by atoms with E-state index in [-0.39, 0.29) is 17.9 Å². The Morgan fingerprint density at radius 1 is 1.03 bits per heavy atom. The lowest BCUT2D eigenvalue weighted by atomic mass is 9.92. The Hall–Kier alpha value is -3.86. The van der Waals surface area contributed by atoms with Gasteiger partial charge < -0.3 is 15.2 Å². The highest BCUT2D eigenvalue weighted by Gasteiger charge is 2.44. The van der Waals surface area contributed by atoms with Crippen molar-refractivity contribution in [2.75, 3.05) is 6.54 Å². The molecule has 0 radical (unpaired) electrons. The largest absolute Gasteiger partial charge is 0.354 e. The molecule has 2 heterocycles. The van der Waals surface area contributed by atoms with E-state index < -0.39 is 6.04 Å². The number of fused-ring (bicyclic) bond motifs is 2. The third-order valence-corrected chi connectivity index (χ3v) is 6.98. The van der Waals surface area contributed by atoms with Crippen LogP contribution in [0.15, 0.2) is 72.8 Å². The van der Waals surface area contributed by atoms with Crippen molar-refractivity contribution in [1.82, 2.24) is 15.2 Å². The summed E-state index contributed by atoms with van der Waals surface area (Å²) in [6, 6.07) is 23.3. The highest BCUT2D eigenvalue weighted by molar-refractivity contribution is 6.04. The highest BCUT2D eigenvalue weighted by Crippen LogP contribution is 2.46. The molecular formula is C30H31N3O2. The van der Waals surface area contributed by atoms with E-state index in [2.05, 4.69) is 60.5 Å². The summed E-state index contributed by atoms with van der Waals surface area (Å²) in [5.74, 6) is -0.231. The lowest BCUT2D eigenvalue weighted by Gasteiger charge is -2.31. The van der Waals surface area contributed by atoms with E-state index >= 15 is 0 Å². The minimum absolute atomic E-state index is 0.108. The SMILES string of the molecule is CCCCNC(=O)[C@@H](C)N1C(=O)c2ccccc2[C@@H]1c1c(-c2ccc(C)cc2)[nH]c2ccccc12. The van der Waals surface area contributed by atoms with Gasteiger partial charge in [0.05, 0.1) is 11.7 Å². The van der Waals surface area contributed by atoms with E-state index in [1.807, 2.05) is 43.3 Å². The normalized spacial score (nSPS) is 15.9. The van der Waals surface area contributed by atoms with Gasteiger partial charge in [-0.1, -0.05) is 79.6 Å². The van der Waals surface area contributed by atoms with Gasteiger partial charge in [0, 0.05) is 28.6 Å². The van der Waals surface area contributed by atoms with E-state index in [0.717, 1.165) is 46.1 Å². The van der Waals surface area contributed by atoms with Crippen LogP contribution in [0.5, 0.6) is 0 Å². The number of unbranched alkanes of at least 4 members (excludes halogenated alkanes) is 1. The smallest absolute Gasteiger partial charge is 0.255 e. The number of H-pyrrole nitrogens is 1. The first-order chi connectivity index (χ1) is 17.0. The van der Waals surface area contributed by atoms with Crippen LogP contribution >= 0.6 is 0 Å². The molecule has 35 heavy (non-hydrogen) atoms. The molecule has 5 nitrogen and oxygen atoms in total. The van der Waals surface area contributed by atoms with Crippen LogP contribution in [0.3, 0.4) is 0 Å². The molecule has 0 saturated carbocycles. The number of benzene rings is 3. The van der Waals surface area contributed by atoms with E-state index in [1.165, 1.54) is 5.56 Å². The zero-order chi connectivity index (χ0) is 24.5. The topological polar surface area (TPSA) is 65.2 Å². The van der Waals surface area contributed by atoms with Crippen molar-refractivity contribution in [3.8, 4) is 11.3 Å². The first kappa shape index (κ1) is 22.9. The van der Waals surface area contributed by atoms with Crippen LogP contribution in [0.1, 0.15) is 59.8 Å². The first-order valence-corrected chi connectivity index (χ1v) is 12.4. The van der Waals surface area contributed by atoms with Crippen molar-refractivity contribution in [3.63, 3.8) is 0 Å². The van der Waals surface area contributed by atoms with Crippen molar-refractivity contribution in [3.05, 3.63) is 95.1 Å². The Labute approximate surface area is 206 Å². The Balaban J connectivity index is 1.69. The number of aryl methyl sites for hydroxylation is 1. The molecule has 2 atom stereocenters. The minimum atomic E-state index is -0.615. The van der Waals surface area contributed by atoms with Gasteiger partial charge in [0.2, 0.25) is 5.91 Å². The van der Waals surface area contributed by atoms with Gasteiger partial charge in [-0.25, -0.2) is 0 Å². The Morgan fingerprint density at radius 2 is 1.74 bits per heavy atom. The van der Waals surface area contributed by atoms with Crippen molar-refractivity contribution >= 4 is 22.7 Å². The van der Waals surface area contributed by atoms with Crippen LogP contribution in [0, 0.1) is 6.92 Å². The van der Waals surface area contributed by atoms with Gasteiger partial charge in [0.15, 0.2) is 0 Å². The molecule has 0 unspecified atom stereocenters. The molecule has 1 aliphatic heterocycles. The predicted molar refractivity (Wildman–Crippen MR) is 140 cm³/mol. The number of carbonyl (C=O) groups excluding carboxylic acids is 2. The number of aromatic nitrogens is 1. The maximum atomic E-state index is 13.7. The van der Waals surface area contributed by atoms with Gasteiger partial charge in [-0.05, 0) is 43.5 Å². The second-order valence-electron chi connectivity index (χ2n) is 9.35. The number of hydrogen-bond donors (Lipinski definition) is 2. The molecule has 2 amide bonds. The van der Waals surface area contributed by atoms with Gasteiger partial charge in [-0.3, -0.25) is 9.59 Å². The highest BCUT2D eigenvalue weighted by atomic mass is 16.2. The van der Waals surface area contributed by atoms with Gasteiger partial charge in [0.1, 0.15) is 6.04 Å². The zero-order valence-corrected chi connectivity index (χ0v) is 20.5. The predicted octanol–water partition coefficient (Wildman–Crippen LogP) is 5.99. The van der Waals surface area contributed by atoms with Gasteiger partial charge in [0.25, 0.3) is 5.91 Å². The zero-order valence-electron chi connectivity index (χ0n) is 20.5. The second-order valence-corrected chi connectivity index (χ2v) is 9.35. The van der Waals surface area contributed by atoms with Gasteiger partial charge in [-0.2, -0.15) is 0 Å². The maximum absolute atomic E-state index is 13.7. The Kier molecular flexibility index (Phi) is 6.16. The van der Waals surface area contributed by atoms with Crippen LogP contribution in [0.2, 0.25) is 0 Å². The lowest BCUT2D eigenvalue weighted by Crippen LogP contribution is -2.47. The van der Waals surface area contributed by atoms with Crippen molar-refractivity contribution < 1.29 is 9.59 Å². The third kappa shape index (κ3) is 4.01. The standard InChI is InChI=1S/C30H31N3O2/c1-4-5-18-31-29(34)20(3)33-28(22-10-6-7-11-23(22)30(33)35)26-24-12-8-9-13-25(24)32-27(26)21-16-14-19(2)15-17-21/h6-17,20,28,32H,4-5,18H2,1-3H3,(H,31,34)/t20-,28-/m1/s1. The summed E-state index contributed by atoms with van der Waals surface area (Å²) in [5, 5.41) is 4.08. The summed E-state index contributed by atoms with van der Waals surface area (Å²) in [7, 11) is 0. The number of carbonyl (C=O) groups is 2. The summed E-state index contributed by atoms with van der Waals surface area (Å²) >= 11 is 0. The maximum Gasteiger partial charge on any atom is 0.255 e. The summed E-state index contributed by atoms with van der Waals surface area (Å²) in [6.07, 6.45) is 1.91. The molecule has 0 saturated heterocycles. The van der Waals surface area contributed by atoms with E-state index in [1.54, 1.807) is 4.90 Å². The molecule has 5 rings (SSSR count). The van der Waals surface area contributed by atoms with Gasteiger partial charge in [-0.15, -0.1) is 0 Å². The fourth-order valence-corrected chi connectivity index (χ4v) is 5.09. The average molecular weight is 466 g/mol. The van der Waals surface area contributed by atoms with E-state index in [9.17, 15) is 9.59 Å². The molecule has 2 N–H and O–H groups in total. The van der Waals surface area contributed by atoms with Crippen molar-refractivity contribution in [1.29, 1.82) is 0 Å². The quantitative estimate of drug-likeness (QED) is 0.329. The number of amides is 2. The number of nitrogens with one attached hydrogen (secondary N) is 2. The number of hydrogen-bond acceptors (Lipinski definition) is 2. The van der Waals surface area contributed by atoms with Crippen LogP contribution < -0.4 is 5.32 Å².